The van der Waals surface area contributed by atoms with E-state index in [0.717, 1.165) is 220 Å². The first kappa shape index (κ1) is 87.3. The number of carbonyl (C=O) groups is 4. The Labute approximate surface area is 747 Å². The van der Waals surface area contributed by atoms with Gasteiger partial charge in [0.1, 0.15) is 0 Å². The number of anilines is 4. The second-order valence-corrected chi connectivity index (χ2v) is 35.6. The SMILES string of the molecule is O=C(Cc1c(F)c(F)c(F)c(F)c1F)Nc1nc2c(nc1C1CCCCC1)-c1ccccc1CC2.O=C(Cc1ccc(F)c(F)c1)Nc1nc2c(nc1C1CCCCC1)-c1ccccc1CC2.O=C(Cc1ccc(I)cc1)Nc1nc2c(nc1C1CCCCC1)-c1ccccc1CC2.O=C(Nc1nc2c(nc1C1CCCCC1)-c1ccccc1CC2)c1ccccc1. The Morgan fingerprint density at radius 3 is 0.945 bits per heavy atom. The van der Waals surface area contributed by atoms with Crippen LogP contribution >= 0.6 is 22.6 Å². The predicted molar refractivity (Wildman–Crippen MR) is 486 cm³/mol. The molecule has 0 bridgehead atoms. The smallest absolute Gasteiger partial charge is 0.256 e. The molecule has 650 valence electrons. The number of hydrogen-bond donors (Lipinski definition) is 4. The molecule has 8 aliphatic rings. The molecule has 24 heteroatoms. The zero-order chi connectivity index (χ0) is 87.6. The number of benzene rings is 8. The second-order valence-electron chi connectivity index (χ2n) is 34.4. The molecule has 4 heterocycles. The summed E-state index contributed by atoms with van der Waals surface area (Å²) in [5.74, 6) is -10.6. The van der Waals surface area contributed by atoms with Crippen molar-refractivity contribution < 1.29 is 49.9 Å². The third-order valence-corrected chi connectivity index (χ3v) is 26.6. The number of rotatable bonds is 15. The molecule has 0 radical (unpaired) electrons. The van der Waals surface area contributed by atoms with Crippen molar-refractivity contribution >= 4 is 69.5 Å². The molecule has 0 aliphatic heterocycles. The van der Waals surface area contributed by atoms with E-state index < -0.39 is 58.6 Å². The normalized spacial score (nSPS) is 15.7. The largest absolute Gasteiger partial charge is 0.309 e. The van der Waals surface area contributed by atoms with Gasteiger partial charge in [0, 0.05) is 60.6 Å². The third-order valence-electron chi connectivity index (χ3n) is 25.9. The van der Waals surface area contributed by atoms with E-state index in [9.17, 15) is 49.9 Å². The molecule has 4 saturated carbocycles. The van der Waals surface area contributed by atoms with E-state index >= 15 is 0 Å². The van der Waals surface area contributed by atoms with Gasteiger partial charge in [0.15, 0.2) is 58.2 Å². The number of aryl methyl sites for hydroxylation is 8. The summed E-state index contributed by atoms with van der Waals surface area (Å²) in [6.07, 6.45) is 28.2. The highest BCUT2D eigenvalue weighted by Gasteiger charge is 2.35. The van der Waals surface area contributed by atoms with E-state index in [2.05, 4.69) is 110 Å². The molecule has 4 fully saturated rings. The van der Waals surface area contributed by atoms with Crippen LogP contribution in [-0.4, -0.2) is 63.5 Å². The van der Waals surface area contributed by atoms with Crippen LogP contribution < -0.4 is 21.3 Å². The van der Waals surface area contributed by atoms with Crippen molar-refractivity contribution in [1.82, 2.24) is 39.9 Å². The van der Waals surface area contributed by atoms with Gasteiger partial charge in [0.2, 0.25) is 23.5 Å². The highest BCUT2D eigenvalue weighted by Crippen LogP contribution is 2.45. The second kappa shape index (κ2) is 40.0. The first-order valence-corrected chi connectivity index (χ1v) is 45.9. The number of hydrogen-bond acceptors (Lipinski definition) is 12. The Balaban J connectivity index is 0.000000119. The van der Waals surface area contributed by atoms with Gasteiger partial charge in [-0.3, -0.25) is 19.2 Å². The topological polar surface area (TPSA) is 220 Å². The van der Waals surface area contributed by atoms with Gasteiger partial charge in [-0.15, -0.1) is 0 Å². The summed E-state index contributed by atoms with van der Waals surface area (Å²) >= 11 is 2.28. The maximum Gasteiger partial charge on any atom is 0.256 e. The fourth-order valence-corrected chi connectivity index (χ4v) is 19.6. The van der Waals surface area contributed by atoms with Gasteiger partial charge >= 0.3 is 0 Å². The number of fused-ring (bicyclic) bond motifs is 12. The number of aromatic nitrogens is 8. The molecule has 0 unspecified atom stereocenters. The lowest BCUT2D eigenvalue weighted by Gasteiger charge is -2.26. The average molecular weight is 1830 g/mol. The molecule has 0 saturated heterocycles. The summed E-state index contributed by atoms with van der Waals surface area (Å²) in [6, 6.07) is 54.2. The summed E-state index contributed by atoms with van der Waals surface area (Å²) in [5, 5.41) is 11.7. The van der Waals surface area contributed by atoms with Gasteiger partial charge in [-0.25, -0.2) is 70.6 Å². The number of carbonyl (C=O) groups excluding carboxylic acids is 4. The standard InChI is InChI=1S/C26H22F5N3O.C26H25F2N3O.C26H26IN3O.C25H25N3O/c27-19-16(20(28)22(30)23(31)21(19)29)12-18(35)33-26-24(14-7-2-1-3-8-14)34-25-15-9-5-4-6-13(15)10-11-17(25)32-26;27-20-12-10-16(14-21(20)28)15-23(32)30-26-24(18-7-2-1-3-8-18)31-25-19-9-5-4-6-17(19)11-13-22(25)29-26;27-20-13-10-17(11-14-20)16-23(31)29-26-24(19-7-2-1-3-8-19)30-25-21-9-5-4-6-18(21)12-15-22(25)28-26;29-25(19-12-5-2-6-13-19)28-24-22(18-10-3-1-4-11-18)27-23-20-14-8-7-9-17(20)15-16-21(23)26-24/h4-6,9,14H,1-3,7-8,10-12H2,(H,32,33,35);4-6,9-10,12,14,18H,1-3,7-8,11,13,15H2,(H,29,30,32);4-6,9-11,13-14,19H,1-3,7-8,12,15-16H2,(H,28,29,31);2,5-9,12-14,18H,1,3-4,10-11,15-16H2,(H,26,28,29). The lowest BCUT2D eigenvalue weighted by Crippen LogP contribution is -2.23. The van der Waals surface area contributed by atoms with Crippen LogP contribution in [0.5, 0.6) is 0 Å². The molecule has 0 spiro atoms. The first-order chi connectivity index (χ1) is 61.9. The fraction of sp³-hybridized carbons (Fsp3) is 0.340. The quantitative estimate of drug-likeness (QED) is 0.0326. The third kappa shape index (κ3) is 20.1. The minimum absolute atomic E-state index is 0.0243. The Morgan fingerprint density at radius 1 is 0.299 bits per heavy atom. The summed E-state index contributed by atoms with van der Waals surface area (Å²) in [7, 11) is 0. The molecule has 8 aromatic carbocycles. The van der Waals surface area contributed by atoms with E-state index in [-0.39, 0.29) is 41.8 Å². The van der Waals surface area contributed by atoms with Crippen LogP contribution in [0.2, 0.25) is 0 Å². The molecule has 12 aromatic rings. The van der Waals surface area contributed by atoms with Gasteiger partial charge in [-0.2, -0.15) is 0 Å². The van der Waals surface area contributed by atoms with Gasteiger partial charge in [0.25, 0.3) is 5.91 Å². The van der Waals surface area contributed by atoms with E-state index in [0.29, 0.717) is 64.6 Å². The zero-order valence-electron chi connectivity index (χ0n) is 70.6. The summed E-state index contributed by atoms with van der Waals surface area (Å²) in [5.41, 5.74) is 21.2. The lowest BCUT2D eigenvalue weighted by atomic mass is 9.85. The summed E-state index contributed by atoms with van der Waals surface area (Å²) in [4.78, 5) is 91.1. The molecule has 8 aliphatic carbocycles. The highest BCUT2D eigenvalue weighted by molar-refractivity contribution is 14.1. The van der Waals surface area contributed by atoms with Crippen molar-refractivity contribution in [3.63, 3.8) is 0 Å². The Kier molecular flexibility index (Phi) is 27.5. The van der Waals surface area contributed by atoms with Crippen LogP contribution in [-0.2, 0) is 85.0 Å². The van der Waals surface area contributed by atoms with Crippen molar-refractivity contribution in [2.24, 2.45) is 0 Å². The van der Waals surface area contributed by atoms with Crippen LogP contribution in [0.1, 0.15) is 247 Å². The van der Waals surface area contributed by atoms with Crippen molar-refractivity contribution in [2.75, 3.05) is 21.3 Å². The molecular weight excluding hydrogens is 1730 g/mol. The Hall–Kier alpha value is -11.8. The van der Waals surface area contributed by atoms with E-state index in [4.69, 9.17) is 34.9 Å². The van der Waals surface area contributed by atoms with Crippen molar-refractivity contribution in [3.8, 4) is 45.0 Å². The van der Waals surface area contributed by atoms with Gasteiger partial charge < -0.3 is 21.3 Å². The lowest BCUT2D eigenvalue weighted by molar-refractivity contribution is -0.116. The molecule has 127 heavy (non-hydrogen) atoms. The molecule has 4 amide bonds. The monoisotopic (exact) mass is 1830 g/mol. The van der Waals surface area contributed by atoms with Crippen molar-refractivity contribution in [2.45, 2.75) is 223 Å². The summed E-state index contributed by atoms with van der Waals surface area (Å²) < 4.78 is 96.7. The Morgan fingerprint density at radius 2 is 0.598 bits per heavy atom. The van der Waals surface area contributed by atoms with Gasteiger partial charge in [-0.1, -0.05) is 211 Å². The van der Waals surface area contributed by atoms with Crippen LogP contribution in [0.4, 0.5) is 54.0 Å². The van der Waals surface area contributed by atoms with Gasteiger partial charge in [0.05, 0.1) is 87.6 Å². The van der Waals surface area contributed by atoms with Gasteiger partial charge in [-0.05, 0) is 195 Å². The zero-order valence-corrected chi connectivity index (χ0v) is 72.8. The molecule has 20 rings (SSSR count). The Bertz CT molecular complexity index is 6090. The molecule has 0 atom stereocenters. The van der Waals surface area contributed by atoms with Crippen molar-refractivity contribution in [3.05, 3.63) is 304 Å². The highest BCUT2D eigenvalue weighted by atomic mass is 127. The molecule has 4 N–H and O–H groups in total. The van der Waals surface area contributed by atoms with E-state index in [1.807, 2.05) is 91.0 Å². The van der Waals surface area contributed by atoms with Crippen molar-refractivity contribution in [1.29, 1.82) is 0 Å². The molecule has 4 aromatic heterocycles. The average Bonchev–Trinajstić information content (AvgIpc) is 0.767. The number of nitrogens with zero attached hydrogens (tertiary/aromatic N) is 8. The maximum atomic E-state index is 14.1. The fourth-order valence-electron chi connectivity index (χ4n) is 19.3. The predicted octanol–water partition coefficient (Wildman–Crippen LogP) is 23.5. The van der Waals surface area contributed by atoms with Crippen LogP contribution in [0.3, 0.4) is 0 Å². The minimum atomic E-state index is -2.26. The first-order valence-electron chi connectivity index (χ1n) is 44.8. The molecule has 16 nitrogen and oxygen atoms in total. The number of nitrogens with one attached hydrogen (secondary N) is 4. The summed E-state index contributed by atoms with van der Waals surface area (Å²) in [6.45, 7) is 0. The van der Waals surface area contributed by atoms with Crippen LogP contribution in [0.25, 0.3) is 45.0 Å². The van der Waals surface area contributed by atoms with E-state index in [1.165, 1.54) is 82.4 Å². The number of amides is 4. The van der Waals surface area contributed by atoms with Crippen LogP contribution in [0, 0.1) is 44.3 Å². The maximum absolute atomic E-state index is 14.1. The van der Waals surface area contributed by atoms with E-state index in [1.54, 1.807) is 0 Å². The number of halogens is 8. The minimum Gasteiger partial charge on any atom is -0.309 e. The molecular formula is C103H98F7IN12O4. The van der Waals surface area contributed by atoms with Crippen LogP contribution in [0.15, 0.2) is 170 Å².